The van der Waals surface area contributed by atoms with Crippen molar-refractivity contribution < 1.29 is 15.4 Å². The van der Waals surface area contributed by atoms with Crippen LogP contribution in [0.3, 0.4) is 0 Å². The molecular weight excluding hydrogens is 170 g/mol. The third kappa shape index (κ3) is 10.6. The Kier molecular flexibility index (Phi) is 9.48. The van der Waals surface area contributed by atoms with Crippen molar-refractivity contribution in [3.63, 3.8) is 0 Å². The van der Waals surface area contributed by atoms with Gasteiger partial charge in [-0.2, -0.15) is 0 Å². The normalized spacial score (nSPS) is 10.0. The molecule has 1 unspecified atom stereocenters. The first-order valence-electron chi connectivity index (χ1n) is 3.63. The van der Waals surface area contributed by atoms with Gasteiger partial charge in [-0.15, -0.1) is 0 Å². The highest BCUT2D eigenvalue weighted by molar-refractivity contribution is 5.72. The summed E-state index contributed by atoms with van der Waals surface area (Å²) in [6.07, 6.45) is 0. The van der Waals surface area contributed by atoms with Crippen molar-refractivity contribution in [2.75, 3.05) is 0 Å². The number of carbonyl (C=O) groups is 1. The zero-order valence-electron chi connectivity index (χ0n) is 7.47. The number of nitrogens with two attached hydrogens (primary N) is 1. The second-order valence-corrected chi connectivity index (χ2v) is 2.28. The molecule has 0 aliphatic carbocycles. The van der Waals surface area contributed by atoms with Crippen LogP contribution in [0.15, 0.2) is 36.4 Å². The summed E-state index contributed by atoms with van der Waals surface area (Å²) in [5, 5.41) is 7.87. The van der Waals surface area contributed by atoms with Crippen LogP contribution < -0.4 is 5.73 Å². The fraction of sp³-hybridized carbons (Fsp3) is 0.222. The third-order valence-electron chi connectivity index (χ3n) is 1.06. The lowest BCUT2D eigenvalue weighted by Crippen LogP contribution is -2.25. The van der Waals surface area contributed by atoms with Crippen LogP contribution in [0.4, 0.5) is 0 Å². The lowest BCUT2D eigenvalue weighted by atomic mass is 10.4. The molecular formula is C9H15NO3. The number of carboxylic acid groups (broad SMARTS) is 1. The Labute approximate surface area is 77.3 Å². The fourth-order valence-electron chi connectivity index (χ4n) is 0.385. The van der Waals surface area contributed by atoms with Gasteiger partial charge in [-0.25, -0.2) is 0 Å². The smallest absolute Gasteiger partial charge is 0.320 e. The summed E-state index contributed by atoms with van der Waals surface area (Å²) in [6, 6.07) is 11.3. The van der Waals surface area contributed by atoms with Crippen LogP contribution in [0.2, 0.25) is 0 Å². The minimum atomic E-state index is -0.963. The van der Waals surface area contributed by atoms with E-state index in [1.807, 2.05) is 36.4 Å². The molecule has 4 nitrogen and oxygen atoms in total. The molecule has 0 aliphatic rings. The highest BCUT2D eigenvalue weighted by Gasteiger charge is 1.99. The van der Waals surface area contributed by atoms with Gasteiger partial charge in [0, 0.05) is 0 Å². The van der Waals surface area contributed by atoms with E-state index in [9.17, 15) is 4.79 Å². The molecule has 0 radical (unpaired) electrons. The van der Waals surface area contributed by atoms with Crippen molar-refractivity contribution in [1.82, 2.24) is 0 Å². The molecule has 0 heterocycles. The average Bonchev–Trinajstić information content (AvgIpc) is 2.08. The molecule has 1 rings (SSSR count). The predicted octanol–water partition coefficient (Wildman–Crippen LogP) is 0.280. The van der Waals surface area contributed by atoms with Gasteiger partial charge in [0.25, 0.3) is 0 Å². The van der Waals surface area contributed by atoms with Gasteiger partial charge in [0.15, 0.2) is 0 Å². The number of carboxylic acids is 1. The quantitative estimate of drug-likeness (QED) is 0.657. The number of hydrogen-bond donors (Lipinski definition) is 2. The van der Waals surface area contributed by atoms with Gasteiger partial charge >= 0.3 is 5.97 Å². The predicted molar refractivity (Wildman–Crippen MR) is 51.3 cm³/mol. The Bertz CT molecular complexity index is 185. The Morgan fingerprint density at radius 3 is 1.38 bits per heavy atom. The van der Waals surface area contributed by atoms with Crippen molar-refractivity contribution in [3.8, 4) is 0 Å². The first kappa shape index (κ1) is 14.2. The second-order valence-electron chi connectivity index (χ2n) is 2.28. The molecule has 13 heavy (non-hydrogen) atoms. The van der Waals surface area contributed by atoms with Crippen LogP contribution in [0, 0.1) is 0 Å². The first-order chi connectivity index (χ1) is 5.64. The van der Waals surface area contributed by atoms with E-state index in [4.69, 9.17) is 10.8 Å². The van der Waals surface area contributed by atoms with E-state index in [2.05, 4.69) is 0 Å². The average molecular weight is 185 g/mol. The minimum Gasteiger partial charge on any atom is -0.480 e. The molecule has 0 bridgehead atoms. The zero-order valence-corrected chi connectivity index (χ0v) is 7.47. The molecule has 0 aliphatic heterocycles. The molecule has 0 saturated carbocycles. The molecule has 0 fully saturated rings. The monoisotopic (exact) mass is 185 g/mol. The molecule has 0 saturated heterocycles. The molecule has 0 aromatic heterocycles. The summed E-state index contributed by atoms with van der Waals surface area (Å²) >= 11 is 0. The van der Waals surface area contributed by atoms with E-state index < -0.39 is 12.0 Å². The summed E-state index contributed by atoms with van der Waals surface area (Å²) in [7, 11) is 0. The van der Waals surface area contributed by atoms with Crippen molar-refractivity contribution in [2.24, 2.45) is 5.73 Å². The van der Waals surface area contributed by atoms with Gasteiger partial charge < -0.3 is 16.3 Å². The van der Waals surface area contributed by atoms with Crippen LogP contribution in [-0.4, -0.2) is 22.6 Å². The van der Waals surface area contributed by atoms with Crippen LogP contribution in [-0.2, 0) is 4.79 Å². The summed E-state index contributed by atoms with van der Waals surface area (Å²) in [6.45, 7) is 1.42. The van der Waals surface area contributed by atoms with Crippen molar-refractivity contribution in [2.45, 2.75) is 13.0 Å². The number of hydrogen-bond acceptors (Lipinski definition) is 2. The molecule has 0 amide bonds. The maximum atomic E-state index is 9.57. The fourth-order valence-corrected chi connectivity index (χ4v) is 0.385. The van der Waals surface area contributed by atoms with Crippen molar-refractivity contribution in [1.29, 1.82) is 0 Å². The van der Waals surface area contributed by atoms with Crippen LogP contribution in [0.5, 0.6) is 0 Å². The molecule has 4 heteroatoms. The number of benzene rings is 1. The van der Waals surface area contributed by atoms with E-state index in [1.165, 1.54) is 6.92 Å². The SMILES string of the molecule is CC(N)C(=O)O.O.c1ccccc1. The molecule has 1 aromatic carbocycles. The van der Waals surface area contributed by atoms with Crippen LogP contribution in [0.1, 0.15) is 6.92 Å². The van der Waals surface area contributed by atoms with E-state index in [0.717, 1.165) is 0 Å². The van der Waals surface area contributed by atoms with E-state index in [1.54, 1.807) is 0 Å². The molecule has 74 valence electrons. The largest absolute Gasteiger partial charge is 0.480 e. The van der Waals surface area contributed by atoms with Crippen LogP contribution >= 0.6 is 0 Å². The number of rotatable bonds is 1. The summed E-state index contributed by atoms with van der Waals surface area (Å²) in [4.78, 5) is 9.57. The third-order valence-corrected chi connectivity index (χ3v) is 1.06. The topological polar surface area (TPSA) is 94.8 Å². The van der Waals surface area contributed by atoms with E-state index in [-0.39, 0.29) is 5.48 Å². The van der Waals surface area contributed by atoms with Gasteiger partial charge in [0.05, 0.1) is 0 Å². The Balaban J connectivity index is 0. The van der Waals surface area contributed by atoms with Gasteiger partial charge in [0.1, 0.15) is 6.04 Å². The summed E-state index contributed by atoms with van der Waals surface area (Å²) < 4.78 is 0. The van der Waals surface area contributed by atoms with Crippen molar-refractivity contribution >= 4 is 5.97 Å². The minimum absolute atomic E-state index is 0. The lowest BCUT2D eigenvalue weighted by Gasteiger charge is -1.90. The highest BCUT2D eigenvalue weighted by atomic mass is 16.4. The van der Waals surface area contributed by atoms with Crippen LogP contribution in [0.25, 0.3) is 0 Å². The Morgan fingerprint density at radius 2 is 1.31 bits per heavy atom. The maximum absolute atomic E-state index is 9.57. The van der Waals surface area contributed by atoms with E-state index >= 15 is 0 Å². The Hall–Kier alpha value is -1.39. The summed E-state index contributed by atoms with van der Waals surface area (Å²) in [5.74, 6) is -0.963. The maximum Gasteiger partial charge on any atom is 0.320 e. The first-order valence-corrected chi connectivity index (χ1v) is 3.63. The molecule has 5 N–H and O–H groups in total. The van der Waals surface area contributed by atoms with Gasteiger partial charge in [0.2, 0.25) is 0 Å². The highest BCUT2D eigenvalue weighted by Crippen LogP contribution is 1.79. The molecule has 1 aromatic rings. The van der Waals surface area contributed by atoms with Crippen molar-refractivity contribution in [3.05, 3.63) is 36.4 Å². The standard InChI is InChI=1S/C6H6.C3H7NO2.H2O/c1-2-4-6-5-3-1;1-2(4)3(5)6;/h1-6H;2H,4H2,1H3,(H,5,6);1H2. The van der Waals surface area contributed by atoms with Gasteiger partial charge in [-0.3, -0.25) is 4.79 Å². The van der Waals surface area contributed by atoms with Gasteiger partial charge in [-0.1, -0.05) is 36.4 Å². The number of aliphatic carboxylic acids is 1. The lowest BCUT2D eigenvalue weighted by molar-refractivity contribution is -0.138. The summed E-state index contributed by atoms with van der Waals surface area (Å²) in [5.41, 5.74) is 4.84. The molecule has 0 spiro atoms. The van der Waals surface area contributed by atoms with Gasteiger partial charge in [-0.05, 0) is 6.92 Å². The zero-order chi connectivity index (χ0) is 9.40. The molecule has 1 atom stereocenters. The Morgan fingerprint density at radius 1 is 1.15 bits per heavy atom. The second kappa shape index (κ2) is 8.70. The van der Waals surface area contributed by atoms with E-state index in [0.29, 0.717) is 0 Å².